The van der Waals surface area contributed by atoms with Crippen molar-refractivity contribution in [1.29, 1.82) is 0 Å². The molecular formula is C23H24ClN3O2. The van der Waals surface area contributed by atoms with Crippen molar-refractivity contribution in [3.8, 4) is 5.75 Å². The number of nitrogens with zero attached hydrogens (tertiary/aromatic N) is 2. The van der Waals surface area contributed by atoms with Crippen LogP contribution in [0, 0.1) is 0 Å². The first kappa shape index (κ1) is 19.5. The first-order valence-corrected chi connectivity index (χ1v) is 10.3. The van der Waals surface area contributed by atoms with Crippen LogP contribution >= 0.6 is 11.6 Å². The lowest BCUT2D eigenvalue weighted by Gasteiger charge is -2.22. The molecular weight excluding hydrogens is 386 g/mol. The van der Waals surface area contributed by atoms with Gasteiger partial charge in [-0.05, 0) is 43.2 Å². The Hall–Kier alpha value is -2.79. The van der Waals surface area contributed by atoms with E-state index in [0.717, 1.165) is 42.7 Å². The van der Waals surface area contributed by atoms with E-state index in [1.54, 1.807) is 25.3 Å². The van der Waals surface area contributed by atoms with Crippen LogP contribution in [0.5, 0.6) is 5.75 Å². The Balaban J connectivity index is 1.69. The molecule has 29 heavy (non-hydrogen) atoms. The number of para-hydroxylation sites is 1. The highest BCUT2D eigenvalue weighted by Crippen LogP contribution is 2.29. The summed E-state index contributed by atoms with van der Waals surface area (Å²) in [6.07, 6.45) is 4.80. The largest absolute Gasteiger partial charge is 0.495 e. The van der Waals surface area contributed by atoms with E-state index >= 15 is 0 Å². The quantitative estimate of drug-likeness (QED) is 0.615. The maximum Gasteiger partial charge on any atom is 0.256 e. The Labute approximate surface area is 175 Å². The number of ether oxygens (including phenoxy) is 1. The van der Waals surface area contributed by atoms with Crippen molar-refractivity contribution in [1.82, 2.24) is 4.98 Å². The molecule has 1 amide bonds. The summed E-state index contributed by atoms with van der Waals surface area (Å²) in [6.45, 7) is 1.95. The molecule has 0 saturated carbocycles. The first-order valence-electron chi connectivity index (χ1n) is 9.95. The number of carbonyl (C=O) groups excluding carboxylic acids is 1. The Bertz CT molecular complexity index is 1030. The Morgan fingerprint density at radius 3 is 2.55 bits per heavy atom. The number of benzene rings is 2. The minimum atomic E-state index is -0.180. The second kappa shape index (κ2) is 8.70. The van der Waals surface area contributed by atoms with Gasteiger partial charge in [0.25, 0.3) is 5.91 Å². The monoisotopic (exact) mass is 409 g/mol. The van der Waals surface area contributed by atoms with E-state index in [2.05, 4.69) is 10.2 Å². The van der Waals surface area contributed by atoms with Gasteiger partial charge in [0, 0.05) is 24.2 Å². The average molecular weight is 410 g/mol. The van der Waals surface area contributed by atoms with Crippen LogP contribution in [0.4, 0.5) is 11.5 Å². The van der Waals surface area contributed by atoms with Gasteiger partial charge in [0.2, 0.25) is 0 Å². The van der Waals surface area contributed by atoms with Gasteiger partial charge in [-0.15, -0.1) is 0 Å². The fourth-order valence-corrected chi connectivity index (χ4v) is 4.01. The normalized spacial score (nSPS) is 14.5. The van der Waals surface area contributed by atoms with Crippen molar-refractivity contribution in [3.05, 3.63) is 59.1 Å². The van der Waals surface area contributed by atoms with Crippen molar-refractivity contribution in [2.75, 3.05) is 30.4 Å². The third-order valence-electron chi connectivity index (χ3n) is 5.29. The van der Waals surface area contributed by atoms with Crippen LogP contribution in [0.3, 0.4) is 0 Å². The van der Waals surface area contributed by atoms with Crippen molar-refractivity contribution >= 4 is 39.9 Å². The smallest absolute Gasteiger partial charge is 0.256 e. The summed E-state index contributed by atoms with van der Waals surface area (Å²) in [6, 6.07) is 14.9. The molecule has 150 valence electrons. The molecule has 0 atom stereocenters. The second-order valence-electron chi connectivity index (χ2n) is 7.25. The van der Waals surface area contributed by atoms with Crippen LogP contribution in [0.15, 0.2) is 48.5 Å². The number of anilines is 2. The van der Waals surface area contributed by atoms with Crippen LogP contribution in [0.25, 0.3) is 10.9 Å². The van der Waals surface area contributed by atoms with Crippen LogP contribution in [-0.2, 0) is 0 Å². The molecule has 0 spiro atoms. The topological polar surface area (TPSA) is 54.5 Å². The second-order valence-corrected chi connectivity index (χ2v) is 7.66. The molecule has 0 bridgehead atoms. The molecule has 2 aromatic carbocycles. The summed E-state index contributed by atoms with van der Waals surface area (Å²) in [4.78, 5) is 20.3. The Morgan fingerprint density at radius 2 is 1.83 bits per heavy atom. The molecule has 4 rings (SSSR count). The minimum absolute atomic E-state index is 0.180. The molecule has 2 heterocycles. The predicted octanol–water partition coefficient (Wildman–Crippen LogP) is 5.53. The standard InChI is InChI=1S/C23H24ClN3O2/c1-29-21-11-10-16(14-19(21)24)25-23(28)18-15-22(27-12-6-2-3-7-13-27)26-20-9-5-4-8-17(18)20/h4-5,8-11,14-15H,2-3,6-7,12-13H2,1H3,(H,25,28). The van der Waals surface area contributed by atoms with Crippen molar-refractivity contribution in [3.63, 3.8) is 0 Å². The number of amides is 1. The predicted molar refractivity (Wildman–Crippen MR) is 118 cm³/mol. The lowest BCUT2D eigenvalue weighted by molar-refractivity contribution is 0.102. The summed E-state index contributed by atoms with van der Waals surface area (Å²) in [5.41, 5.74) is 2.06. The summed E-state index contributed by atoms with van der Waals surface area (Å²) in [5, 5.41) is 4.25. The van der Waals surface area contributed by atoms with Gasteiger partial charge in [-0.1, -0.05) is 42.6 Å². The number of halogens is 1. The zero-order chi connectivity index (χ0) is 20.2. The number of nitrogens with one attached hydrogen (secondary N) is 1. The molecule has 1 aromatic heterocycles. The summed E-state index contributed by atoms with van der Waals surface area (Å²) in [7, 11) is 1.56. The molecule has 1 saturated heterocycles. The molecule has 6 heteroatoms. The summed E-state index contributed by atoms with van der Waals surface area (Å²) in [5.74, 6) is 1.26. The molecule has 1 fully saturated rings. The number of rotatable bonds is 4. The van der Waals surface area contributed by atoms with E-state index in [-0.39, 0.29) is 5.91 Å². The van der Waals surface area contributed by atoms with Gasteiger partial charge in [-0.3, -0.25) is 4.79 Å². The number of methoxy groups -OCH3 is 1. The lowest BCUT2D eigenvalue weighted by atomic mass is 10.1. The molecule has 0 aliphatic carbocycles. The fraction of sp³-hybridized carbons (Fsp3) is 0.304. The molecule has 0 unspecified atom stereocenters. The van der Waals surface area contributed by atoms with Gasteiger partial charge in [0.15, 0.2) is 0 Å². The highest BCUT2D eigenvalue weighted by Gasteiger charge is 2.18. The van der Waals surface area contributed by atoms with Gasteiger partial charge in [0.05, 0.1) is 23.2 Å². The van der Waals surface area contributed by atoms with E-state index in [1.165, 1.54) is 12.8 Å². The van der Waals surface area contributed by atoms with E-state index < -0.39 is 0 Å². The number of carbonyl (C=O) groups is 1. The molecule has 5 nitrogen and oxygen atoms in total. The van der Waals surface area contributed by atoms with Crippen molar-refractivity contribution in [2.24, 2.45) is 0 Å². The number of fused-ring (bicyclic) bond motifs is 1. The molecule has 0 radical (unpaired) electrons. The average Bonchev–Trinajstić information content (AvgIpc) is 3.02. The van der Waals surface area contributed by atoms with Gasteiger partial charge in [-0.2, -0.15) is 0 Å². The minimum Gasteiger partial charge on any atom is -0.495 e. The van der Waals surface area contributed by atoms with Gasteiger partial charge >= 0.3 is 0 Å². The van der Waals surface area contributed by atoms with E-state index in [1.807, 2.05) is 30.3 Å². The van der Waals surface area contributed by atoms with Crippen molar-refractivity contribution < 1.29 is 9.53 Å². The highest BCUT2D eigenvalue weighted by atomic mass is 35.5. The highest BCUT2D eigenvalue weighted by molar-refractivity contribution is 6.32. The third kappa shape index (κ3) is 4.30. The lowest BCUT2D eigenvalue weighted by Crippen LogP contribution is -2.25. The van der Waals surface area contributed by atoms with Crippen molar-refractivity contribution in [2.45, 2.75) is 25.7 Å². The van der Waals surface area contributed by atoms with Crippen LogP contribution in [-0.4, -0.2) is 31.1 Å². The van der Waals surface area contributed by atoms with E-state index in [9.17, 15) is 4.79 Å². The first-order chi connectivity index (χ1) is 14.2. The Morgan fingerprint density at radius 1 is 1.07 bits per heavy atom. The van der Waals surface area contributed by atoms with Gasteiger partial charge in [-0.25, -0.2) is 4.98 Å². The van der Waals surface area contributed by atoms with E-state index in [4.69, 9.17) is 21.3 Å². The number of pyridine rings is 1. The van der Waals surface area contributed by atoms with Crippen LogP contribution < -0.4 is 15.0 Å². The van der Waals surface area contributed by atoms with Crippen LogP contribution in [0.1, 0.15) is 36.0 Å². The molecule has 1 aliphatic rings. The summed E-state index contributed by atoms with van der Waals surface area (Å²) >= 11 is 6.20. The van der Waals surface area contributed by atoms with Crippen LogP contribution in [0.2, 0.25) is 5.02 Å². The third-order valence-corrected chi connectivity index (χ3v) is 5.58. The number of hydrogen-bond donors (Lipinski definition) is 1. The van der Waals surface area contributed by atoms with Gasteiger partial charge < -0.3 is 15.0 Å². The zero-order valence-electron chi connectivity index (χ0n) is 16.5. The summed E-state index contributed by atoms with van der Waals surface area (Å²) < 4.78 is 5.18. The van der Waals surface area contributed by atoms with Gasteiger partial charge in [0.1, 0.15) is 11.6 Å². The SMILES string of the molecule is COc1ccc(NC(=O)c2cc(N3CCCCCC3)nc3ccccc23)cc1Cl. The van der Waals surface area contributed by atoms with E-state index in [0.29, 0.717) is 22.0 Å². The molecule has 1 N–H and O–H groups in total. The number of hydrogen-bond acceptors (Lipinski definition) is 4. The maximum atomic E-state index is 13.2. The fourth-order valence-electron chi connectivity index (χ4n) is 3.75. The maximum absolute atomic E-state index is 13.2. The molecule has 1 aliphatic heterocycles. The number of aromatic nitrogens is 1. The zero-order valence-corrected chi connectivity index (χ0v) is 17.2. The Kier molecular flexibility index (Phi) is 5.86. The molecule has 3 aromatic rings.